The molecule has 1 aromatic heterocycles. The number of halogens is 1. The molecule has 6 heteroatoms. The van der Waals surface area contributed by atoms with Gasteiger partial charge in [0.2, 0.25) is 5.88 Å². The number of nitrogens with zero attached hydrogens (tertiary/aromatic N) is 1. The van der Waals surface area contributed by atoms with Crippen LogP contribution in [0.1, 0.15) is 33.3 Å². The minimum absolute atomic E-state index is 0.234. The van der Waals surface area contributed by atoms with Crippen molar-refractivity contribution in [3.63, 3.8) is 0 Å². The summed E-state index contributed by atoms with van der Waals surface area (Å²) in [6.07, 6.45) is 2.93. The van der Waals surface area contributed by atoms with Crippen molar-refractivity contribution in [1.29, 1.82) is 0 Å². The van der Waals surface area contributed by atoms with Gasteiger partial charge in [-0.15, -0.1) is 0 Å². The van der Waals surface area contributed by atoms with Crippen LogP contribution in [0.2, 0.25) is 0 Å². The second-order valence-corrected chi connectivity index (χ2v) is 5.70. The number of hydrogen-bond donors (Lipinski definition) is 0. The van der Waals surface area contributed by atoms with Crippen LogP contribution in [0.5, 0.6) is 5.88 Å². The van der Waals surface area contributed by atoms with E-state index < -0.39 is 24.1 Å². The van der Waals surface area contributed by atoms with E-state index >= 15 is 0 Å². The number of aromatic nitrogens is 1. The van der Waals surface area contributed by atoms with Crippen LogP contribution in [0.25, 0.3) is 6.08 Å². The van der Waals surface area contributed by atoms with Crippen molar-refractivity contribution < 1.29 is 18.4 Å². The van der Waals surface area contributed by atoms with E-state index in [9.17, 15) is 4.39 Å². The molecule has 0 amide bonds. The average molecular weight is 279 g/mol. The molecule has 108 valence electrons. The summed E-state index contributed by atoms with van der Waals surface area (Å²) in [6, 6.07) is 1.28. The monoisotopic (exact) mass is 279 g/mol. The molecule has 0 N–H and O–H groups in total. The van der Waals surface area contributed by atoms with Gasteiger partial charge in [-0.3, -0.25) is 0 Å². The van der Waals surface area contributed by atoms with Crippen molar-refractivity contribution in [1.82, 2.24) is 4.98 Å². The first kappa shape index (κ1) is 15.0. The van der Waals surface area contributed by atoms with E-state index in [-0.39, 0.29) is 11.4 Å². The van der Waals surface area contributed by atoms with Crippen molar-refractivity contribution >= 4 is 13.2 Å². The summed E-state index contributed by atoms with van der Waals surface area (Å²) in [5.74, 6) is 1.50. The molecule has 20 heavy (non-hydrogen) atoms. The largest absolute Gasteiger partial charge is 0.487 e. The summed E-state index contributed by atoms with van der Waals surface area (Å²) in [7, 11) is 0.929. The SMILES string of the molecule is COc1nccc(F)c1/C=C/B1OC(C)(C)C(C)(C)O1. The number of pyridine rings is 1. The molecule has 1 aromatic rings. The Hall–Kier alpha value is -1.40. The maximum absolute atomic E-state index is 13.8. The van der Waals surface area contributed by atoms with Crippen LogP contribution in [-0.4, -0.2) is 30.4 Å². The highest BCUT2D eigenvalue weighted by molar-refractivity contribution is 6.52. The summed E-state index contributed by atoms with van der Waals surface area (Å²) < 4.78 is 30.4. The Morgan fingerprint density at radius 1 is 1.25 bits per heavy atom. The maximum atomic E-state index is 13.8. The molecule has 2 heterocycles. The van der Waals surface area contributed by atoms with Gasteiger partial charge in [-0.25, -0.2) is 9.37 Å². The van der Waals surface area contributed by atoms with E-state index in [1.165, 1.54) is 19.4 Å². The summed E-state index contributed by atoms with van der Waals surface area (Å²) in [4.78, 5) is 3.97. The maximum Gasteiger partial charge on any atom is 0.487 e. The highest BCUT2D eigenvalue weighted by Crippen LogP contribution is 2.37. The van der Waals surface area contributed by atoms with E-state index in [0.717, 1.165) is 0 Å². The van der Waals surface area contributed by atoms with Crippen molar-refractivity contribution in [2.75, 3.05) is 7.11 Å². The van der Waals surface area contributed by atoms with E-state index in [1.807, 2.05) is 27.7 Å². The summed E-state index contributed by atoms with van der Waals surface area (Å²) in [5.41, 5.74) is -0.552. The number of rotatable bonds is 3. The topological polar surface area (TPSA) is 40.6 Å². The van der Waals surface area contributed by atoms with Gasteiger partial charge < -0.3 is 14.0 Å². The fraction of sp³-hybridized carbons (Fsp3) is 0.500. The normalized spacial score (nSPS) is 20.6. The predicted octanol–water partition coefficient (Wildman–Crippen LogP) is 2.87. The number of hydrogen-bond acceptors (Lipinski definition) is 4. The molecule has 4 nitrogen and oxygen atoms in total. The molecule has 0 spiro atoms. The standard InChI is InChI=1S/C14H19BFNO3/c1-13(2)14(3,4)20-15(19-13)8-6-10-11(16)7-9-17-12(10)18-5/h6-9H,1-5H3/b8-6+. The number of methoxy groups -OCH3 is 1. The summed E-state index contributed by atoms with van der Waals surface area (Å²) >= 11 is 0. The van der Waals surface area contributed by atoms with Crippen LogP contribution in [0, 0.1) is 5.82 Å². The zero-order chi connectivity index (χ0) is 15.0. The molecule has 1 aliphatic rings. The second kappa shape index (κ2) is 5.18. The Balaban J connectivity index is 2.20. The van der Waals surface area contributed by atoms with E-state index in [1.54, 1.807) is 12.1 Å². The first-order chi connectivity index (χ1) is 9.27. The third-order valence-electron chi connectivity index (χ3n) is 3.79. The van der Waals surface area contributed by atoms with Crippen molar-refractivity contribution in [3.8, 4) is 5.88 Å². The molecule has 1 fully saturated rings. The Morgan fingerprint density at radius 2 is 1.85 bits per heavy atom. The van der Waals surface area contributed by atoms with Crippen LogP contribution >= 0.6 is 0 Å². The van der Waals surface area contributed by atoms with Gasteiger partial charge in [0.25, 0.3) is 0 Å². The van der Waals surface area contributed by atoms with Gasteiger partial charge in [-0.05, 0) is 33.8 Å². The molecule has 0 unspecified atom stereocenters. The lowest BCUT2D eigenvalue weighted by molar-refractivity contribution is 0.00578. The smallest absolute Gasteiger partial charge is 0.480 e. The van der Waals surface area contributed by atoms with Crippen LogP contribution in [0.4, 0.5) is 4.39 Å². The second-order valence-electron chi connectivity index (χ2n) is 5.70. The van der Waals surface area contributed by atoms with Crippen LogP contribution < -0.4 is 4.74 Å². The molecule has 1 saturated heterocycles. The van der Waals surface area contributed by atoms with Crippen molar-refractivity contribution in [3.05, 3.63) is 29.6 Å². The Kier molecular flexibility index (Phi) is 3.89. The predicted molar refractivity (Wildman–Crippen MR) is 75.9 cm³/mol. The molecular formula is C14H19BFNO3. The fourth-order valence-corrected chi connectivity index (χ4v) is 1.89. The highest BCUT2D eigenvalue weighted by Gasteiger charge is 2.50. The van der Waals surface area contributed by atoms with Crippen molar-refractivity contribution in [2.24, 2.45) is 0 Å². The Morgan fingerprint density at radius 3 is 2.40 bits per heavy atom. The first-order valence-electron chi connectivity index (χ1n) is 6.49. The molecule has 0 saturated carbocycles. The molecule has 0 bridgehead atoms. The zero-order valence-electron chi connectivity index (χ0n) is 12.4. The summed E-state index contributed by atoms with van der Waals surface area (Å²) in [6.45, 7) is 7.86. The molecule has 0 aromatic carbocycles. The molecule has 0 radical (unpaired) electrons. The van der Waals surface area contributed by atoms with Gasteiger partial charge in [0, 0.05) is 6.20 Å². The van der Waals surface area contributed by atoms with E-state index in [0.29, 0.717) is 0 Å². The average Bonchev–Trinajstić information content (AvgIpc) is 2.56. The van der Waals surface area contributed by atoms with Crippen molar-refractivity contribution in [2.45, 2.75) is 38.9 Å². The first-order valence-corrected chi connectivity index (χ1v) is 6.49. The molecular weight excluding hydrogens is 260 g/mol. The highest BCUT2D eigenvalue weighted by atomic mass is 19.1. The zero-order valence-corrected chi connectivity index (χ0v) is 12.4. The number of ether oxygens (including phenoxy) is 1. The van der Waals surface area contributed by atoms with Gasteiger partial charge in [0.1, 0.15) is 5.82 Å². The minimum atomic E-state index is -0.524. The summed E-state index contributed by atoms with van der Waals surface area (Å²) in [5, 5.41) is 0. The van der Waals surface area contributed by atoms with Gasteiger partial charge >= 0.3 is 7.12 Å². The van der Waals surface area contributed by atoms with Crippen LogP contribution in [-0.2, 0) is 9.31 Å². The van der Waals surface area contributed by atoms with Crippen LogP contribution in [0.15, 0.2) is 18.2 Å². The minimum Gasteiger partial charge on any atom is -0.480 e. The Labute approximate surface area is 119 Å². The van der Waals surface area contributed by atoms with E-state index in [4.69, 9.17) is 14.0 Å². The van der Waals surface area contributed by atoms with Gasteiger partial charge in [0.05, 0.1) is 23.9 Å². The molecule has 0 aliphatic carbocycles. The third-order valence-corrected chi connectivity index (χ3v) is 3.79. The third kappa shape index (κ3) is 2.71. The Bertz CT molecular complexity index is 515. The lowest BCUT2D eigenvalue weighted by Gasteiger charge is -2.32. The van der Waals surface area contributed by atoms with Gasteiger partial charge in [-0.2, -0.15) is 0 Å². The quantitative estimate of drug-likeness (QED) is 0.798. The molecule has 0 atom stereocenters. The molecule has 2 rings (SSSR count). The molecule has 1 aliphatic heterocycles. The van der Waals surface area contributed by atoms with Gasteiger partial charge in [0.15, 0.2) is 0 Å². The van der Waals surface area contributed by atoms with Crippen LogP contribution in [0.3, 0.4) is 0 Å². The van der Waals surface area contributed by atoms with E-state index in [2.05, 4.69) is 4.98 Å². The fourth-order valence-electron chi connectivity index (χ4n) is 1.89. The lowest BCUT2D eigenvalue weighted by Crippen LogP contribution is -2.41. The lowest BCUT2D eigenvalue weighted by atomic mass is 9.89. The van der Waals surface area contributed by atoms with Gasteiger partial charge in [-0.1, -0.05) is 12.1 Å².